The fourth-order valence-electron chi connectivity index (χ4n) is 1.99. The molecule has 0 aliphatic rings. The molecule has 0 bridgehead atoms. The summed E-state index contributed by atoms with van der Waals surface area (Å²) < 4.78 is 6.23. The Morgan fingerprint density at radius 1 is 1.08 bits per heavy atom. The maximum atomic E-state index is 11.9. The van der Waals surface area contributed by atoms with Gasteiger partial charge in [-0.2, -0.15) is 5.10 Å². The predicted octanol–water partition coefficient (Wildman–Crippen LogP) is 3.21. The highest BCUT2D eigenvalue weighted by Crippen LogP contribution is 2.17. The topological polar surface area (TPSA) is 88.0 Å². The monoisotopic (exact) mass is 404 g/mol. The Hall–Kier alpha value is -2.67. The van der Waals surface area contributed by atoms with E-state index in [0.29, 0.717) is 11.5 Å². The number of nitrogens with one attached hydrogen (secondary N) is 1. The van der Waals surface area contributed by atoms with E-state index in [1.807, 2.05) is 36.4 Å². The molecule has 0 aliphatic carbocycles. The number of aliphatic carboxylic acids is 1. The molecule has 0 saturated carbocycles. The lowest BCUT2D eigenvalue weighted by Gasteiger charge is -2.08. The van der Waals surface area contributed by atoms with E-state index in [0.717, 1.165) is 10.0 Å². The number of rotatable bonds is 8. The van der Waals surface area contributed by atoms with Crippen molar-refractivity contribution < 1.29 is 19.4 Å². The highest BCUT2D eigenvalue weighted by Gasteiger charge is 2.08. The number of hydrogen-bond donors (Lipinski definition) is 2. The van der Waals surface area contributed by atoms with Gasteiger partial charge >= 0.3 is 5.97 Å². The Kier molecular flexibility index (Phi) is 7.16. The van der Waals surface area contributed by atoms with E-state index in [1.54, 1.807) is 18.2 Å². The zero-order valence-corrected chi connectivity index (χ0v) is 14.9. The number of hydrogen-bond acceptors (Lipinski definition) is 4. The Bertz CT molecular complexity index is 763. The number of nitrogens with zero attached hydrogens (tertiary/aromatic N) is 1. The third kappa shape index (κ3) is 6.76. The molecule has 0 atom stereocenters. The van der Waals surface area contributed by atoms with Gasteiger partial charge in [-0.05, 0) is 23.8 Å². The van der Waals surface area contributed by atoms with Gasteiger partial charge in [0.25, 0.3) is 5.91 Å². The Balaban J connectivity index is 1.96. The molecule has 130 valence electrons. The van der Waals surface area contributed by atoms with Crippen LogP contribution in [-0.4, -0.2) is 29.3 Å². The summed E-state index contributed by atoms with van der Waals surface area (Å²) in [5.41, 5.74) is 3.67. The van der Waals surface area contributed by atoms with Crippen LogP contribution < -0.4 is 10.2 Å². The van der Waals surface area contributed by atoms with Crippen LogP contribution in [0.2, 0.25) is 0 Å². The number of carboxylic acids is 1. The summed E-state index contributed by atoms with van der Waals surface area (Å²) in [5.74, 6) is -0.792. The van der Waals surface area contributed by atoms with Crippen LogP contribution >= 0.6 is 15.9 Å². The van der Waals surface area contributed by atoms with Crippen LogP contribution in [-0.2, 0) is 9.59 Å². The van der Waals surface area contributed by atoms with Gasteiger partial charge in [-0.1, -0.05) is 52.3 Å². The first-order valence-corrected chi connectivity index (χ1v) is 8.35. The van der Waals surface area contributed by atoms with E-state index >= 15 is 0 Å². The van der Waals surface area contributed by atoms with Crippen molar-refractivity contribution in [1.29, 1.82) is 0 Å². The average Bonchev–Trinajstić information content (AvgIpc) is 2.60. The van der Waals surface area contributed by atoms with E-state index in [9.17, 15) is 9.59 Å². The number of amides is 1. The van der Waals surface area contributed by atoms with Crippen LogP contribution in [0.4, 0.5) is 0 Å². The summed E-state index contributed by atoms with van der Waals surface area (Å²) >= 11 is 3.32. The molecule has 6 nitrogen and oxygen atoms in total. The van der Waals surface area contributed by atoms with Crippen molar-refractivity contribution in [3.8, 4) is 5.75 Å². The summed E-state index contributed by atoms with van der Waals surface area (Å²) in [6, 6.07) is 16.3. The van der Waals surface area contributed by atoms with Gasteiger partial charge in [0.15, 0.2) is 6.61 Å². The van der Waals surface area contributed by atoms with E-state index in [1.165, 1.54) is 0 Å². The van der Waals surface area contributed by atoms with Gasteiger partial charge in [-0.15, -0.1) is 0 Å². The van der Waals surface area contributed by atoms with Crippen LogP contribution in [0.25, 0.3) is 0 Å². The molecule has 2 N–H and O–H groups in total. The Labute approximate surface area is 153 Å². The van der Waals surface area contributed by atoms with Crippen LogP contribution in [0.3, 0.4) is 0 Å². The molecule has 25 heavy (non-hydrogen) atoms. The van der Waals surface area contributed by atoms with E-state index < -0.39 is 11.9 Å². The summed E-state index contributed by atoms with van der Waals surface area (Å²) in [7, 11) is 0. The molecule has 1 amide bonds. The fraction of sp³-hybridized carbons (Fsp3) is 0.167. The van der Waals surface area contributed by atoms with Crippen molar-refractivity contribution in [3.05, 3.63) is 64.6 Å². The number of hydrazone groups is 1. The quantitative estimate of drug-likeness (QED) is 0.522. The average molecular weight is 405 g/mol. The first-order valence-electron chi connectivity index (χ1n) is 7.55. The van der Waals surface area contributed by atoms with E-state index in [4.69, 9.17) is 9.84 Å². The van der Waals surface area contributed by atoms with Gasteiger partial charge in [0, 0.05) is 10.9 Å². The normalized spacial score (nSPS) is 11.0. The van der Waals surface area contributed by atoms with Crippen molar-refractivity contribution in [3.63, 3.8) is 0 Å². The smallest absolute Gasteiger partial charge is 0.303 e. The number of benzene rings is 2. The summed E-state index contributed by atoms with van der Waals surface area (Å²) in [4.78, 5) is 22.7. The lowest BCUT2D eigenvalue weighted by atomic mass is 10.1. The molecular weight excluding hydrogens is 388 g/mol. The van der Waals surface area contributed by atoms with Gasteiger partial charge in [0.2, 0.25) is 0 Å². The maximum absolute atomic E-state index is 11.9. The van der Waals surface area contributed by atoms with Crippen molar-refractivity contribution in [2.24, 2.45) is 5.10 Å². The zero-order chi connectivity index (χ0) is 18.1. The number of ether oxygens (including phenoxy) is 1. The van der Waals surface area contributed by atoms with Gasteiger partial charge in [0.05, 0.1) is 12.1 Å². The molecule has 0 fully saturated rings. The van der Waals surface area contributed by atoms with Gasteiger partial charge < -0.3 is 9.84 Å². The second-order valence-corrected chi connectivity index (χ2v) is 6.01. The first-order chi connectivity index (χ1) is 12.0. The molecule has 0 aromatic heterocycles. The summed E-state index contributed by atoms with van der Waals surface area (Å²) in [5, 5.41) is 12.9. The van der Waals surface area contributed by atoms with E-state index in [2.05, 4.69) is 26.5 Å². The molecule has 0 heterocycles. The molecule has 2 aromatic carbocycles. The maximum Gasteiger partial charge on any atom is 0.303 e. The van der Waals surface area contributed by atoms with Crippen molar-refractivity contribution in [2.45, 2.75) is 12.8 Å². The van der Waals surface area contributed by atoms with E-state index in [-0.39, 0.29) is 19.4 Å². The summed E-state index contributed by atoms with van der Waals surface area (Å²) in [6.07, 6.45) is 0.143. The Morgan fingerprint density at radius 3 is 2.52 bits per heavy atom. The van der Waals surface area contributed by atoms with Gasteiger partial charge in [0.1, 0.15) is 5.75 Å². The highest BCUT2D eigenvalue weighted by molar-refractivity contribution is 9.10. The molecule has 7 heteroatoms. The Morgan fingerprint density at radius 2 is 1.84 bits per heavy atom. The predicted molar refractivity (Wildman–Crippen MR) is 97.6 cm³/mol. The van der Waals surface area contributed by atoms with Crippen LogP contribution in [0.5, 0.6) is 5.75 Å². The minimum atomic E-state index is -0.923. The van der Waals surface area contributed by atoms with Crippen LogP contribution in [0.1, 0.15) is 18.4 Å². The van der Waals surface area contributed by atoms with Gasteiger partial charge in [-0.3, -0.25) is 9.59 Å². The molecule has 2 aromatic rings. The largest absolute Gasteiger partial charge is 0.484 e. The second kappa shape index (κ2) is 9.58. The molecular formula is C18H17BrN2O4. The lowest BCUT2D eigenvalue weighted by molar-refractivity contribution is -0.136. The molecule has 0 aliphatic heterocycles. The van der Waals surface area contributed by atoms with Crippen LogP contribution in [0.15, 0.2) is 64.2 Å². The fourth-order valence-corrected chi connectivity index (χ4v) is 2.37. The molecule has 0 unspecified atom stereocenters. The third-order valence-corrected chi connectivity index (χ3v) is 3.66. The molecule has 2 rings (SSSR count). The molecule has 0 spiro atoms. The third-order valence-electron chi connectivity index (χ3n) is 3.16. The highest BCUT2D eigenvalue weighted by atomic mass is 79.9. The number of carbonyl (C=O) groups excluding carboxylic acids is 1. The number of halogens is 1. The van der Waals surface area contributed by atoms with Crippen molar-refractivity contribution >= 4 is 33.5 Å². The number of carbonyl (C=O) groups is 2. The van der Waals surface area contributed by atoms with Gasteiger partial charge in [-0.25, -0.2) is 5.43 Å². The standard InChI is InChI=1S/C18H17BrN2O4/c19-14-7-4-8-15(11-14)25-12-17(22)21-20-16(9-10-18(23)24)13-5-2-1-3-6-13/h1-8,11H,9-10,12H2,(H,21,22)(H,23,24)/b20-16-. The van der Waals surface area contributed by atoms with Crippen LogP contribution in [0, 0.1) is 0 Å². The lowest BCUT2D eigenvalue weighted by Crippen LogP contribution is -2.26. The molecule has 0 radical (unpaired) electrons. The van der Waals surface area contributed by atoms with Crippen molar-refractivity contribution in [1.82, 2.24) is 5.43 Å². The second-order valence-electron chi connectivity index (χ2n) is 5.10. The van der Waals surface area contributed by atoms with Crippen molar-refractivity contribution in [2.75, 3.05) is 6.61 Å². The molecule has 0 saturated heterocycles. The minimum Gasteiger partial charge on any atom is -0.484 e. The first kappa shape index (κ1) is 18.7. The minimum absolute atomic E-state index is 0.0713. The SMILES string of the molecule is O=C(O)CC/C(=N/NC(=O)COc1cccc(Br)c1)c1ccccc1. The zero-order valence-electron chi connectivity index (χ0n) is 13.3. The number of carboxylic acid groups (broad SMARTS) is 1. The summed E-state index contributed by atoms with van der Waals surface area (Å²) in [6.45, 7) is -0.193.